The van der Waals surface area contributed by atoms with E-state index in [1.807, 2.05) is 0 Å². The van der Waals surface area contributed by atoms with E-state index < -0.39 is 6.10 Å². The molecule has 2 atom stereocenters. The fourth-order valence-corrected chi connectivity index (χ4v) is 9.20. The largest absolute Gasteiger partial charge is 0.462 e. The van der Waals surface area contributed by atoms with Gasteiger partial charge in [-0.15, -0.1) is 0 Å². The molecule has 0 aliphatic rings. The third kappa shape index (κ3) is 51.8. The van der Waals surface area contributed by atoms with Crippen molar-refractivity contribution in [1.29, 1.82) is 0 Å². The Morgan fingerprint density at radius 2 is 0.576 bits per heavy atom. The van der Waals surface area contributed by atoms with Crippen LogP contribution in [-0.2, 0) is 28.6 Å². The molecule has 1 unspecified atom stereocenters. The second-order valence-electron chi connectivity index (χ2n) is 21.4. The predicted molar refractivity (Wildman–Crippen MR) is 284 cm³/mol. The molecule has 0 rings (SSSR count). The van der Waals surface area contributed by atoms with Crippen LogP contribution < -0.4 is 0 Å². The van der Waals surface area contributed by atoms with E-state index in [0.717, 1.165) is 69.6 Å². The maximum absolute atomic E-state index is 12.8. The number of ether oxygens (including phenoxy) is 3. The monoisotopic (exact) mass is 933 g/mol. The molecule has 0 amide bonds. The second kappa shape index (κ2) is 52.8. The van der Waals surface area contributed by atoms with Gasteiger partial charge in [0.05, 0.1) is 0 Å². The first-order valence-electron chi connectivity index (χ1n) is 29.8. The molecule has 0 aliphatic carbocycles. The Hall–Kier alpha value is -1.59. The van der Waals surface area contributed by atoms with E-state index >= 15 is 0 Å². The highest BCUT2D eigenvalue weighted by molar-refractivity contribution is 5.71. The number of hydrogen-bond acceptors (Lipinski definition) is 6. The highest BCUT2D eigenvalue weighted by atomic mass is 16.6. The van der Waals surface area contributed by atoms with Gasteiger partial charge in [-0.25, -0.2) is 0 Å². The molecule has 0 heterocycles. The third-order valence-electron chi connectivity index (χ3n) is 14.1. The molecule has 0 aromatic heterocycles. The second-order valence-corrected chi connectivity index (χ2v) is 21.4. The standard InChI is InChI=1S/C60H116O6/c1-6-8-9-10-11-12-13-20-24-30-35-40-45-50-58(61)64-53-57(66-60(63)52-47-42-37-32-27-26-29-34-39-44-49-56(5)7-2)54-65-59(62)51-46-41-36-31-25-22-19-17-15-14-16-18-21-23-28-33-38-43-48-55(3)4/h55-57H,6-54H2,1-5H3/t56?,57-/m1/s1. The molecule has 0 radical (unpaired) electrons. The normalized spacial score (nSPS) is 12.5. The summed E-state index contributed by atoms with van der Waals surface area (Å²) in [6, 6.07) is 0. The molecule has 6 heteroatoms. The van der Waals surface area contributed by atoms with E-state index in [0.29, 0.717) is 19.3 Å². The van der Waals surface area contributed by atoms with Crippen LogP contribution in [0.2, 0.25) is 0 Å². The first kappa shape index (κ1) is 64.4. The van der Waals surface area contributed by atoms with Crippen LogP contribution in [0.3, 0.4) is 0 Å². The van der Waals surface area contributed by atoms with E-state index in [2.05, 4.69) is 34.6 Å². The summed E-state index contributed by atoms with van der Waals surface area (Å²) in [6.45, 7) is 11.5. The topological polar surface area (TPSA) is 78.9 Å². The Bertz CT molecular complexity index is 1010. The van der Waals surface area contributed by atoms with Crippen molar-refractivity contribution in [2.75, 3.05) is 13.2 Å². The van der Waals surface area contributed by atoms with Gasteiger partial charge in [-0.05, 0) is 31.1 Å². The molecule has 0 saturated heterocycles. The molecule has 0 aromatic carbocycles. The first-order chi connectivity index (χ1) is 32.3. The minimum Gasteiger partial charge on any atom is -0.462 e. The van der Waals surface area contributed by atoms with Gasteiger partial charge in [0.25, 0.3) is 0 Å². The number of rotatable bonds is 54. The molecule has 6 nitrogen and oxygen atoms in total. The zero-order chi connectivity index (χ0) is 48.2. The van der Waals surface area contributed by atoms with Crippen molar-refractivity contribution >= 4 is 17.9 Å². The van der Waals surface area contributed by atoms with Crippen LogP contribution in [0.5, 0.6) is 0 Å². The lowest BCUT2D eigenvalue weighted by Crippen LogP contribution is -2.30. The van der Waals surface area contributed by atoms with Gasteiger partial charge in [-0.2, -0.15) is 0 Å². The number of carbonyl (C=O) groups excluding carboxylic acids is 3. The molecular weight excluding hydrogens is 817 g/mol. The summed E-state index contributed by atoms with van der Waals surface area (Å²) in [4.78, 5) is 38.1. The Kier molecular flexibility index (Phi) is 51.5. The maximum atomic E-state index is 12.8. The van der Waals surface area contributed by atoms with Crippen molar-refractivity contribution in [2.45, 2.75) is 343 Å². The average molecular weight is 934 g/mol. The van der Waals surface area contributed by atoms with Crippen LogP contribution in [0.25, 0.3) is 0 Å². The Morgan fingerprint density at radius 1 is 0.318 bits per heavy atom. The van der Waals surface area contributed by atoms with Crippen LogP contribution in [0.1, 0.15) is 336 Å². The molecule has 0 aromatic rings. The van der Waals surface area contributed by atoms with E-state index in [4.69, 9.17) is 14.2 Å². The third-order valence-corrected chi connectivity index (χ3v) is 14.1. The van der Waals surface area contributed by atoms with Gasteiger partial charge in [0.15, 0.2) is 6.10 Å². The lowest BCUT2D eigenvalue weighted by Gasteiger charge is -2.18. The highest BCUT2D eigenvalue weighted by Crippen LogP contribution is 2.19. The molecule has 0 spiro atoms. The Labute approximate surface area is 412 Å². The Balaban J connectivity index is 4.24. The average Bonchev–Trinajstić information content (AvgIpc) is 3.30. The van der Waals surface area contributed by atoms with Gasteiger partial charge >= 0.3 is 17.9 Å². The molecule has 392 valence electrons. The van der Waals surface area contributed by atoms with Gasteiger partial charge in [-0.1, -0.05) is 298 Å². The number of carbonyl (C=O) groups is 3. The lowest BCUT2D eigenvalue weighted by atomic mass is 9.99. The number of esters is 3. The van der Waals surface area contributed by atoms with Crippen LogP contribution in [-0.4, -0.2) is 37.2 Å². The quantitative estimate of drug-likeness (QED) is 0.0343. The van der Waals surface area contributed by atoms with Crippen molar-refractivity contribution in [2.24, 2.45) is 11.8 Å². The van der Waals surface area contributed by atoms with Crippen molar-refractivity contribution in [3.05, 3.63) is 0 Å². The maximum Gasteiger partial charge on any atom is 0.306 e. The minimum atomic E-state index is -0.763. The van der Waals surface area contributed by atoms with Crippen molar-refractivity contribution in [3.63, 3.8) is 0 Å². The summed E-state index contributed by atoms with van der Waals surface area (Å²) >= 11 is 0. The van der Waals surface area contributed by atoms with E-state index in [-0.39, 0.29) is 31.1 Å². The van der Waals surface area contributed by atoms with Crippen LogP contribution in [0.15, 0.2) is 0 Å². The molecule has 0 aliphatic heterocycles. The fraction of sp³-hybridized carbons (Fsp3) is 0.950. The van der Waals surface area contributed by atoms with Crippen molar-refractivity contribution < 1.29 is 28.6 Å². The summed E-state index contributed by atoms with van der Waals surface area (Å²) in [5.74, 6) is 0.888. The molecule has 0 N–H and O–H groups in total. The van der Waals surface area contributed by atoms with Gasteiger partial charge in [0, 0.05) is 19.3 Å². The summed E-state index contributed by atoms with van der Waals surface area (Å²) in [5, 5.41) is 0. The van der Waals surface area contributed by atoms with E-state index in [1.165, 1.54) is 225 Å². The highest BCUT2D eigenvalue weighted by Gasteiger charge is 2.19. The summed E-state index contributed by atoms with van der Waals surface area (Å²) in [7, 11) is 0. The predicted octanol–water partition coefficient (Wildman–Crippen LogP) is 19.7. The van der Waals surface area contributed by atoms with Crippen LogP contribution in [0.4, 0.5) is 0 Å². The molecular formula is C60H116O6. The summed E-state index contributed by atoms with van der Waals surface area (Å²) in [6.07, 6.45) is 56.6. The first-order valence-corrected chi connectivity index (χ1v) is 29.8. The number of hydrogen-bond donors (Lipinski definition) is 0. The van der Waals surface area contributed by atoms with E-state index in [9.17, 15) is 14.4 Å². The zero-order valence-electron chi connectivity index (χ0n) is 45.3. The van der Waals surface area contributed by atoms with Crippen molar-refractivity contribution in [3.8, 4) is 0 Å². The SMILES string of the molecule is CCCCCCCCCCCCCCCC(=O)OC[C@H](COC(=O)CCCCCCCCCCCCCCCCCCCCC(C)C)OC(=O)CCCCCCCCCCCCC(C)CC. The molecule has 0 bridgehead atoms. The van der Waals surface area contributed by atoms with Crippen LogP contribution >= 0.6 is 0 Å². The zero-order valence-corrected chi connectivity index (χ0v) is 45.3. The Morgan fingerprint density at radius 3 is 0.864 bits per heavy atom. The number of unbranched alkanes of at least 4 members (excludes halogenated alkanes) is 38. The minimum absolute atomic E-state index is 0.0626. The van der Waals surface area contributed by atoms with Gasteiger partial charge in [0.2, 0.25) is 0 Å². The summed E-state index contributed by atoms with van der Waals surface area (Å²) < 4.78 is 16.9. The molecule has 66 heavy (non-hydrogen) atoms. The van der Waals surface area contributed by atoms with Gasteiger partial charge in [-0.3, -0.25) is 14.4 Å². The van der Waals surface area contributed by atoms with Crippen molar-refractivity contribution in [1.82, 2.24) is 0 Å². The smallest absolute Gasteiger partial charge is 0.306 e. The summed E-state index contributed by atoms with van der Waals surface area (Å²) in [5.41, 5.74) is 0. The van der Waals surface area contributed by atoms with E-state index in [1.54, 1.807) is 0 Å². The van der Waals surface area contributed by atoms with Gasteiger partial charge in [0.1, 0.15) is 13.2 Å². The fourth-order valence-electron chi connectivity index (χ4n) is 9.20. The van der Waals surface area contributed by atoms with Crippen LogP contribution in [0, 0.1) is 11.8 Å². The molecule has 0 saturated carbocycles. The molecule has 0 fully saturated rings. The van der Waals surface area contributed by atoms with Gasteiger partial charge < -0.3 is 14.2 Å². The lowest BCUT2D eigenvalue weighted by molar-refractivity contribution is -0.167.